The van der Waals surface area contributed by atoms with E-state index in [1.54, 1.807) is 12.1 Å². The third kappa shape index (κ3) is 4.99. The minimum atomic E-state index is -0.777. The third-order valence-electron chi connectivity index (χ3n) is 4.60. The van der Waals surface area contributed by atoms with Crippen LogP contribution in [0.2, 0.25) is 10.0 Å². The molecule has 162 valence electrons. The molecule has 0 aliphatic carbocycles. The van der Waals surface area contributed by atoms with Gasteiger partial charge in [0.15, 0.2) is 5.69 Å². The molecule has 0 unspecified atom stereocenters. The van der Waals surface area contributed by atoms with Crippen molar-refractivity contribution in [3.63, 3.8) is 0 Å². The van der Waals surface area contributed by atoms with Crippen molar-refractivity contribution in [2.75, 3.05) is 24.4 Å². The molecule has 10 heteroatoms. The molecule has 0 spiro atoms. The molecule has 8 nitrogen and oxygen atoms in total. The number of methoxy groups -OCH3 is 1. The molecule has 3 aromatic rings. The average Bonchev–Trinajstić information content (AvgIpc) is 2.75. The van der Waals surface area contributed by atoms with Crippen molar-refractivity contribution in [2.24, 2.45) is 0 Å². The van der Waals surface area contributed by atoms with Crippen molar-refractivity contribution in [1.82, 2.24) is 9.55 Å². The second-order valence-corrected chi connectivity index (χ2v) is 7.46. The number of H-pyrrole nitrogens is 1. The van der Waals surface area contributed by atoms with Crippen LogP contribution in [-0.4, -0.2) is 29.2 Å². The number of aromatic nitrogens is 2. The van der Waals surface area contributed by atoms with Crippen LogP contribution in [0.3, 0.4) is 0 Å². The smallest absolute Gasteiger partial charge is 0.330 e. The van der Waals surface area contributed by atoms with Crippen LogP contribution >= 0.6 is 23.2 Å². The van der Waals surface area contributed by atoms with Crippen LogP contribution < -0.4 is 21.9 Å². The Kier molecular flexibility index (Phi) is 7.17. The quantitative estimate of drug-likeness (QED) is 0.560. The van der Waals surface area contributed by atoms with Crippen LogP contribution in [0, 0.1) is 0 Å². The third-order valence-corrected chi connectivity index (χ3v) is 5.34. The van der Waals surface area contributed by atoms with Crippen molar-refractivity contribution >= 4 is 40.6 Å². The summed E-state index contributed by atoms with van der Waals surface area (Å²) >= 11 is 12.0. The van der Waals surface area contributed by atoms with E-state index in [2.05, 4.69) is 4.98 Å². The molecule has 1 aromatic heterocycles. The largest absolute Gasteiger partial charge is 0.383 e. The molecule has 0 bridgehead atoms. The first-order chi connectivity index (χ1) is 14.8. The highest BCUT2D eigenvalue weighted by molar-refractivity contribution is 6.42. The maximum atomic E-state index is 13.4. The zero-order valence-corrected chi connectivity index (χ0v) is 18.1. The van der Waals surface area contributed by atoms with E-state index in [1.807, 2.05) is 18.2 Å². The van der Waals surface area contributed by atoms with Crippen LogP contribution in [0.25, 0.3) is 0 Å². The van der Waals surface area contributed by atoms with Gasteiger partial charge in [-0.25, -0.2) is 4.79 Å². The van der Waals surface area contributed by atoms with E-state index in [4.69, 9.17) is 33.7 Å². The summed E-state index contributed by atoms with van der Waals surface area (Å²) < 4.78 is 6.16. The Hall–Kier alpha value is -3.07. The monoisotopic (exact) mass is 462 g/mol. The fraction of sp³-hybridized carbons (Fsp3) is 0.190. The van der Waals surface area contributed by atoms with E-state index < -0.39 is 17.2 Å². The van der Waals surface area contributed by atoms with Gasteiger partial charge in [-0.2, -0.15) is 0 Å². The van der Waals surface area contributed by atoms with E-state index in [9.17, 15) is 14.4 Å². The standard InChI is InChI=1S/C21H20Cl2N4O4/c1-31-10-9-26-18(24)17(19(28)25-21(26)30)27(12-13-5-3-2-4-6-13)20(29)14-7-8-15(22)16(23)11-14/h2-8,11H,9-10,12,24H2,1H3,(H,25,28,30). The number of amides is 1. The minimum Gasteiger partial charge on any atom is -0.383 e. The Morgan fingerprint density at radius 3 is 2.48 bits per heavy atom. The number of hydrogen-bond acceptors (Lipinski definition) is 5. The summed E-state index contributed by atoms with van der Waals surface area (Å²) in [4.78, 5) is 41.9. The first-order valence-electron chi connectivity index (χ1n) is 9.26. The number of halogens is 2. The van der Waals surface area contributed by atoms with Gasteiger partial charge in [0.2, 0.25) is 0 Å². The Bertz CT molecular complexity index is 1210. The van der Waals surface area contributed by atoms with Gasteiger partial charge in [0, 0.05) is 12.7 Å². The number of rotatable bonds is 7. The van der Waals surface area contributed by atoms with Crippen LogP contribution in [0.4, 0.5) is 11.5 Å². The van der Waals surface area contributed by atoms with Gasteiger partial charge in [-0.05, 0) is 23.8 Å². The summed E-state index contributed by atoms with van der Waals surface area (Å²) in [6.07, 6.45) is 0. The molecule has 0 aliphatic heterocycles. The molecule has 0 atom stereocenters. The van der Waals surface area contributed by atoms with E-state index in [0.717, 1.165) is 10.1 Å². The van der Waals surface area contributed by atoms with E-state index >= 15 is 0 Å². The molecule has 3 rings (SSSR count). The normalized spacial score (nSPS) is 10.8. The number of nitrogens with zero attached hydrogens (tertiary/aromatic N) is 2. The molecule has 0 radical (unpaired) electrons. The van der Waals surface area contributed by atoms with Gasteiger partial charge >= 0.3 is 5.69 Å². The number of aromatic amines is 1. The second kappa shape index (κ2) is 9.82. The average molecular weight is 463 g/mol. The summed E-state index contributed by atoms with van der Waals surface area (Å²) in [5, 5.41) is 0.484. The Morgan fingerprint density at radius 2 is 1.84 bits per heavy atom. The Labute approximate surface area is 187 Å². The first-order valence-corrected chi connectivity index (χ1v) is 10.0. The summed E-state index contributed by atoms with van der Waals surface area (Å²) in [6, 6.07) is 13.5. The predicted octanol–water partition coefficient (Wildman–Crippen LogP) is 2.92. The Balaban J connectivity index is 2.16. The van der Waals surface area contributed by atoms with Crippen molar-refractivity contribution in [1.29, 1.82) is 0 Å². The minimum absolute atomic E-state index is 0.0374. The Morgan fingerprint density at radius 1 is 1.13 bits per heavy atom. The predicted molar refractivity (Wildman–Crippen MR) is 121 cm³/mol. The summed E-state index contributed by atoms with van der Waals surface area (Å²) in [5.41, 5.74) is 5.55. The molecule has 0 aliphatic rings. The van der Waals surface area contributed by atoms with E-state index in [0.29, 0.717) is 5.02 Å². The molecule has 0 saturated heterocycles. The van der Waals surface area contributed by atoms with Crippen LogP contribution in [-0.2, 0) is 17.8 Å². The number of nitrogens with two attached hydrogens (primary N) is 1. The van der Waals surface area contributed by atoms with Gasteiger partial charge in [0.25, 0.3) is 11.5 Å². The number of nitrogens with one attached hydrogen (secondary N) is 1. The number of ether oxygens (including phenoxy) is 1. The molecule has 3 N–H and O–H groups in total. The fourth-order valence-corrected chi connectivity index (χ4v) is 3.34. The first kappa shape index (κ1) is 22.6. The van der Waals surface area contributed by atoms with Gasteiger partial charge in [-0.15, -0.1) is 0 Å². The SMILES string of the molecule is COCCn1c(N)c(N(Cc2ccccc2)C(=O)c2ccc(Cl)c(Cl)c2)c(=O)[nH]c1=O. The number of hydrogen-bond donors (Lipinski definition) is 2. The maximum absolute atomic E-state index is 13.4. The lowest BCUT2D eigenvalue weighted by molar-refractivity contribution is 0.0984. The van der Waals surface area contributed by atoms with Crippen molar-refractivity contribution in [3.8, 4) is 0 Å². The summed E-state index contributed by atoms with van der Waals surface area (Å²) in [7, 11) is 1.48. The van der Waals surface area contributed by atoms with Crippen LogP contribution in [0.1, 0.15) is 15.9 Å². The highest BCUT2D eigenvalue weighted by Crippen LogP contribution is 2.26. The molecule has 31 heavy (non-hydrogen) atoms. The number of carbonyl (C=O) groups is 1. The molecular formula is C21H20Cl2N4O4. The van der Waals surface area contributed by atoms with Gasteiger partial charge < -0.3 is 10.5 Å². The van der Waals surface area contributed by atoms with Crippen molar-refractivity contribution < 1.29 is 9.53 Å². The zero-order valence-electron chi connectivity index (χ0n) is 16.6. The highest BCUT2D eigenvalue weighted by Gasteiger charge is 2.26. The zero-order chi connectivity index (χ0) is 22.5. The number of carbonyl (C=O) groups excluding carboxylic acids is 1. The van der Waals surface area contributed by atoms with Gasteiger partial charge in [0.05, 0.1) is 29.7 Å². The number of nitrogen functional groups attached to an aromatic ring is 1. The molecule has 0 saturated carbocycles. The second-order valence-electron chi connectivity index (χ2n) is 6.64. The highest BCUT2D eigenvalue weighted by atomic mass is 35.5. The fourth-order valence-electron chi connectivity index (χ4n) is 3.05. The topological polar surface area (TPSA) is 110 Å². The number of anilines is 2. The van der Waals surface area contributed by atoms with E-state index in [1.165, 1.54) is 30.2 Å². The van der Waals surface area contributed by atoms with Crippen LogP contribution in [0.15, 0.2) is 58.1 Å². The lowest BCUT2D eigenvalue weighted by Gasteiger charge is -2.25. The lowest BCUT2D eigenvalue weighted by Crippen LogP contribution is -2.41. The van der Waals surface area contributed by atoms with Gasteiger partial charge in [-0.1, -0.05) is 53.5 Å². The maximum Gasteiger partial charge on any atom is 0.330 e. The van der Waals surface area contributed by atoms with Gasteiger partial charge in [-0.3, -0.25) is 24.0 Å². The van der Waals surface area contributed by atoms with E-state index in [-0.39, 0.29) is 41.8 Å². The van der Waals surface area contributed by atoms with Crippen LogP contribution in [0.5, 0.6) is 0 Å². The lowest BCUT2D eigenvalue weighted by atomic mass is 10.1. The molecular weight excluding hydrogens is 443 g/mol. The molecule has 2 aromatic carbocycles. The molecule has 1 heterocycles. The summed E-state index contributed by atoms with van der Waals surface area (Å²) in [6.45, 7) is 0.329. The van der Waals surface area contributed by atoms with Gasteiger partial charge in [0.1, 0.15) is 5.82 Å². The molecule has 0 fully saturated rings. The van der Waals surface area contributed by atoms with Crippen molar-refractivity contribution in [2.45, 2.75) is 13.1 Å². The summed E-state index contributed by atoms with van der Waals surface area (Å²) in [5.74, 6) is -0.674. The number of benzene rings is 2. The molecule has 1 amide bonds. The van der Waals surface area contributed by atoms with Crippen molar-refractivity contribution in [3.05, 3.63) is 90.5 Å².